The molecular weight excluding hydrogens is 170 g/mol. The maximum atomic E-state index is 10.2. The standard InChI is InChI=1S/C9H7NO3/c11-9(12)6-5-7-3-1-2-4-8(7)10-13/h1-6H,(H,11,12)/b6-5+. The van der Waals surface area contributed by atoms with Crippen LogP contribution in [0.4, 0.5) is 5.69 Å². The van der Waals surface area contributed by atoms with Crippen LogP contribution in [0, 0.1) is 4.91 Å². The summed E-state index contributed by atoms with van der Waals surface area (Å²) < 4.78 is 0. The molecule has 13 heavy (non-hydrogen) atoms. The lowest BCUT2D eigenvalue weighted by Gasteiger charge is -1.94. The Morgan fingerprint density at radius 3 is 2.69 bits per heavy atom. The third-order valence-electron chi connectivity index (χ3n) is 1.44. The van der Waals surface area contributed by atoms with E-state index in [0.29, 0.717) is 5.56 Å². The summed E-state index contributed by atoms with van der Waals surface area (Å²) in [5, 5.41) is 11.1. The molecule has 0 saturated heterocycles. The van der Waals surface area contributed by atoms with E-state index in [4.69, 9.17) is 5.11 Å². The highest BCUT2D eigenvalue weighted by atomic mass is 16.4. The highest BCUT2D eigenvalue weighted by Crippen LogP contribution is 2.19. The third kappa shape index (κ3) is 2.52. The molecule has 0 fully saturated rings. The van der Waals surface area contributed by atoms with Gasteiger partial charge in [-0.05, 0) is 17.3 Å². The van der Waals surface area contributed by atoms with Gasteiger partial charge >= 0.3 is 5.97 Å². The molecule has 0 aliphatic carbocycles. The van der Waals surface area contributed by atoms with Crippen molar-refractivity contribution in [3.05, 3.63) is 40.8 Å². The van der Waals surface area contributed by atoms with Gasteiger partial charge in [-0.25, -0.2) is 4.79 Å². The van der Waals surface area contributed by atoms with Crippen molar-refractivity contribution in [3.63, 3.8) is 0 Å². The lowest BCUT2D eigenvalue weighted by molar-refractivity contribution is -0.131. The predicted octanol–water partition coefficient (Wildman–Crippen LogP) is 2.18. The molecule has 0 atom stereocenters. The first-order chi connectivity index (χ1) is 6.24. The quantitative estimate of drug-likeness (QED) is 0.568. The summed E-state index contributed by atoms with van der Waals surface area (Å²) in [5.74, 6) is -1.05. The summed E-state index contributed by atoms with van der Waals surface area (Å²) in [6.07, 6.45) is 2.29. The largest absolute Gasteiger partial charge is 0.478 e. The number of carbonyl (C=O) groups is 1. The van der Waals surface area contributed by atoms with E-state index >= 15 is 0 Å². The molecule has 66 valence electrons. The van der Waals surface area contributed by atoms with Crippen LogP contribution in [0.1, 0.15) is 5.56 Å². The van der Waals surface area contributed by atoms with E-state index in [2.05, 4.69) is 5.18 Å². The summed E-state index contributed by atoms with van der Waals surface area (Å²) in [7, 11) is 0. The van der Waals surface area contributed by atoms with Crippen LogP contribution in [0.3, 0.4) is 0 Å². The monoisotopic (exact) mass is 177 g/mol. The highest BCUT2D eigenvalue weighted by Gasteiger charge is 1.97. The molecular formula is C9H7NO3. The SMILES string of the molecule is O=Nc1ccccc1/C=C/C(=O)O. The molecule has 4 heteroatoms. The minimum Gasteiger partial charge on any atom is -0.478 e. The molecule has 0 aliphatic heterocycles. The maximum absolute atomic E-state index is 10.2. The van der Waals surface area contributed by atoms with Crippen LogP contribution >= 0.6 is 0 Å². The number of nitrogens with zero attached hydrogens (tertiary/aromatic N) is 1. The van der Waals surface area contributed by atoms with Gasteiger partial charge in [-0.2, -0.15) is 0 Å². The Morgan fingerprint density at radius 2 is 2.08 bits per heavy atom. The van der Waals surface area contributed by atoms with Gasteiger partial charge in [0.15, 0.2) is 0 Å². The van der Waals surface area contributed by atoms with E-state index in [1.165, 1.54) is 12.1 Å². The van der Waals surface area contributed by atoms with Gasteiger partial charge in [-0.1, -0.05) is 18.2 Å². The van der Waals surface area contributed by atoms with Crippen LogP contribution in [0.5, 0.6) is 0 Å². The zero-order chi connectivity index (χ0) is 9.68. The average molecular weight is 177 g/mol. The van der Waals surface area contributed by atoms with E-state index < -0.39 is 5.97 Å². The number of nitroso groups, excluding NO2 is 1. The topological polar surface area (TPSA) is 66.7 Å². The molecule has 1 aromatic rings. The summed E-state index contributed by atoms with van der Waals surface area (Å²) in [6.45, 7) is 0. The van der Waals surface area contributed by atoms with Gasteiger partial charge in [0.05, 0.1) is 0 Å². The lowest BCUT2D eigenvalue weighted by Crippen LogP contribution is -1.85. The van der Waals surface area contributed by atoms with Crippen molar-refractivity contribution in [3.8, 4) is 0 Å². The maximum Gasteiger partial charge on any atom is 0.328 e. The Labute approximate surface area is 74.5 Å². The van der Waals surface area contributed by atoms with Crippen LogP contribution in [0.15, 0.2) is 35.5 Å². The fourth-order valence-corrected chi connectivity index (χ4v) is 0.873. The first-order valence-electron chi connectivity index (χ1n) is 3.57. The number of hydrogen-bond donors (Lipinski definition) is 1. The van der Waals surface area contributed by atoms with Gasteiger partial charge < -0.3 is 5.11 Å². The van der Waals surface area contributed by atoms with Gasteiger partial charge in [0.1, 0.15) is 5.69 Å². The van der Waals surface area contributed by atoms with Gasteiger partial charge in [0.25, 0.3) is 0 Å². The number of aliphatic carboxylic acids is 1. The van der Waals surface area contributed by atoms with Crippen molar-refractivity contribution in [1.82, 2.24) is 0 Å². The summed E-state index contributed by atoms with van der Waals surface area (Å²) in [5.41, 5.74) is 0.736. The molecule has 0 aromatic heterocycles. The van der Waals surface area contributed by atoms with Crippen LogP contribution < -0.4 is 0 Å². The van der Waals surface area contributed by atoms with E-state index in [9.17, 15) is 9.70 Å². The molecule has 0 amide bonds. The summed E-state index contributed by atoms with van der Waals surface area (Å²) >= 11 is 0. The van der Waals surface area contributed by atoms with Crippen LogP contribution in [-0.4, -0.2) is 11.1 Å². The Kier molecular flexibility index (Phi) is 2.92. The van der Waals surface area contributed by atoms with Crippen molar-refractivity contribution in [2.75, 3.05) is 0 Å². The molecule has 0 unspecified atom stereocenters. The number of carboxylic acid groups (broad SMARTS) is 1. The van der Waals surface area contributed by atoms with Crippen molar-refractivity contribution in [2.24, 2.45) is 5.18 Å². The van der Waals surface area contributed by atoms with Gasteiger partial charge in [0.2, 0.25) is 0 Å². The molecule has 0 saturated carbocycles. The molecule has 0 radical (unpaired) electrons. The van der Waals surface area contributed by atoms with E-state index in [-0.39, 0.29) is 5.69 Å². The fraction of sp³-hybridized carbons (Fsp3) is 0. The molecule has 0 aliphatic rings. The first kappa shape index (κ1) is 9.12. The molecule has 0 bridgehead atoms. The number of rotatable bonds is 3. The first-order valence-corrected chi connectivity index (χ1v) is 3.57. The average Bonchev–Trinajstić information content (AvgIpc) is 2.15. The molecule has 1 rings (SSSR count). The molecule has 0 spiro atoms. The Bertz CT molecular complexity index is 358. The minimum absolute atomic E-state index is 0.236. The van der Waals surface area contributed by atoms with Crippen molar-refractivity contribution < 1.29 is 9.90 Å². The fourth-order valence-electron chi connectivity index (χ4n) is 0.873. The normalized spacial score (nSPS) is 10.2. The van der Waals surface area contributed by atoms with Crippen LogP contribution in [-0.2, 0) is 4.79 Å². The summed E-state index contributed by atoms with van der Waals surface area (Å²) in [4.78, 5) is 20.4. The highest BCUT2D eigenvalue weighted by molar-refractivity contribution is 5.86. The number of benzene rings is 1. The zero-order valence-corrected chi connectivity index (χ0v) is 6.68. The van der Waals surface area contributed by atoms with Gasteiger partial charge in [-0.3, -0.25) is 0 Å². The van der Waals surface area contributed by atoms with Gasteiger partial charge in [-0.15, -0.1) is 4.91 Å². The smallest absolute Gasteiger partial charge is 0.328 e. The van der Waals surface area contributed by atoms with Crippen molar-refractivity contribution >= 4 is 17.7 Å². The molecule has 1 N–H and O–H groups in total. The number of carboxylic acids is 1. The second-order valence-corrected chi connectivity index (χ2v) is 2.32. The second-order valence-electron chi connectivity index (χ2n) is 2.32. The Hall–Kier alpha value is -1.97. The second kappa shape index (κ2) is 4.15. The van der Waals surface area contributed by atoms with Crippen molar-refractivity contribution in [2.45, 2.75) is 0 Å². The van der Waals surface area contributed by atoms with E-state index in [1.54, 1.807) is 18.2 Å². The van der Waals surface area contributed by atoms with E-state index in [0.717, 1.165) is 6.08 Å². The number of hydrogen-bond acceptors (Lipinski definition) is 3. The minimum atomic E-state index is -1.05. The molecule has 4 nitrogen and oxygen atoms in total. The van der Waals surface area contributed by atoms with Crippen molar-refractivity contribution in [1.29, 1.82) is 0 Å². The summed E-state index contributed by atoms with van der Waals surface area (Å²) in [6, 6.07) is 6.51. The Morgan fingerprint density at radius 1 is 1.38 bits per heavy atom. The van der Waals surface area contributed by atoms with E-state index in [1.807, 2.05) is 0 Å². The lowest BCUT2D eigenvalue weighted by atomic mass is 10.2. The molecule has 1 aromatic carbocycles. The third-order valence-corrected chi connectivity index (χ3v) is 1.44. The van der Waals surface area contributed by atoms with Crippen LogP contribution in [0.2, 0.25) is 0 Å². The molecule has 0 heterocycles. The van der Waals surface area contributed by atoms with Gasteiger partial charge in [0, 0.05) is 11.6 Å². The van der Waals surface area contributed by atoms with Crippen LogP contribution in [0.25, 0.3) is 6.08 Å². The predicted molar refractivity (Wildman–Crippen MR) is 48.6 cm³/mol. The zero-order valence-electron chi connectivity index (χ0n) is 6.68. The Balaban J connectivity index is 3.00.